The number of benzene rings is 2. The Hall–Kier alpha value is -5.01. The lowest BCUT2D eigenvalue weighted by molar-refractivity contribution is -0.405. The van der Waals surface area contributed by atoms with Gasteiger partial charge >= 0.3 is 11.8 Å². The van der Waals surface area contributed by atoms with Crippen LogP contribution in [0.5, 0.6) is 6.01 Å². The summed E-state index contributed by atoms with van der Waals surface area (Å²) in [4.78, 5) is 38.4. The molecule has 3 fully saturated rings. The normalized spacial score (nSPS) is 22.2. The summed E-state index contributed by atoms with van der Waals surface area (Å²) in [6.07, 6.45) is 10.3. The highest BCUT2D eigenvalue weighted by molar-refractivity contribution is 6.36. The molecule has 6 heterocycles. The Morgan fingerprint density at radius 3 is 2.71 bits per heavy atom. The van der Waals surface area contributed by atoms with Crippen molar-refractivity contribution in [2.45, 2.75) is 37.4 Å². The first kappa shape index (κ1) is 34.1. The number of halogens is 4. The lowest BCUT2D eigenvalue weighted by atomic mass is 9.95. The molecule has 0 aliphatic carbocycles. The highest BCUT2D eigenvalue weighted by Crippen LogP contribution is 2.41. The van der Waals surface area contributed by atoms with E-state index in [9.17, 15) is 13.6 Å². The number of amides is 1. The highest BCUT2D eigenvalue weighted by Gasteiger charge is 2.49. The van der Waals surface area contributed by atoms with E-state index in [1.165, 1.54) is 12.2 Å². The number of nitrogens with zero attached hydrogens (tertiary/aromatic N) is 8. The minimum atomic E-state index is -0.930. The fraction of sp³-hybridized carbons (Fsp3) is 0.342. The molecule has 266 valence electrons. The number of hydrogen-bond acceptors (Lipinski definition) is 8. The number of carbonyl (C=O) groups is 1. The van der Waals surface area contributed by atoms with Crippen LogP contribution in [0.2, 0.25) is 5.02 Å². The zero-order valence-corrected chi connectivity index (χ0v) is 29.1. The fourth-order valence-corrected chi connectivity index (χ4v) is 8.12. The smallest absolute Gasteiger partial charge is 0.434 e. The van der Waals surface area contributed by atoms with Gasteiger partial charge in [-0.1, -0.05) is 41.9 Å². The van der Waals surface area contributed by atoms with Crippen LogP contribution in [0.15, 0.2) is 61.1 Å². The van der Waals surface area contributed by atoms with Crippen LogP contribution in [0.4, 0.5) is 19.0 Å². The molecule has 0 spiro atoms. The standard InChI is InChI=1S/C38H35ClF3N8O2/c1-48(19-23-11-14-49(20-23)31(51)10-9-30-43-16-26(41)17-44-30)36-28-18-45-34(27-7-2-5-24-6-3-8-29(39)32(24)27)33(42)35(28)46-37(47-36)52-22-38-12-4-13-50(38)21-25(40)15-38/h2-3,5-10,16-19,23,25H,4,11-15,20-22H2,1H3/q+1/b10-9+,48-19+/t23?,25-,38+/m1/s1. The van der Waals surface area contributed by atoms with Gasteiger partial charge < -0.3 is 9.64 Å². The number of ether oxygens (including phenoxy) is 1. The lowest BCUT2D eigenvalue weighted by Crippen LogP contribution is -2.43. The maximum atomic E-state index is 16.8. The zero-order chi connectivity index (χ0) is 36.0. The van der Waals surface area contributed by atoms with Gasteiger partial charge in [-0.2, -0.15) is 4.98 Å². The van der Waals surface area contributed by atoms with Crippen LogP contribution in [0.25, 0.3) is 39.0 Å². The number of rotatable bonds is 8. The molecule has 3 atom stereocenters. The van der Waals surface area contributed by atoms with E-state index in [4.69, 9.17) is 21.3 Å². The van der Waals surface area contributed by atoms with Gasteiger partial charge in [0.2, 0.25) is 5.91 Å². The number of carbonyl (C=O) groups excluding carboxylic acids is 1. The van der Waals surface area contributed by atoms with Crippen LogP contribution < -0.4 is 4.74 Å². The second-order valence-electron chi connectivity index (χ2n) is 13.7. The van der Waals surface area contributed by atoms with Crippen molar-refractivity contribution in [1.82, 2.24) is 34.7 Å². The van der Waals surface area contributed by atoms with Gasteiger partial charge in [-0.3, -0.25) is 14.7 Å². The van der Waals surface area contributed by atoms with Crippen LogP contribution in [0.3, 0.4) is 0 Å². The first-order chi connectivity index (χ1) is 25.2. The van der Waals surface area contributed by atoms with Crippen molar-refractivity contribution >= 4 is 57.3 Å². The van der Waals surface area contributed by atoms with Crippen molar-refractivity contribution < 1.29 is 27.3 Å². The number of alkyl halides is 1. The maximum Gasteiger partial charge on any atom is 0.434 e. The fourth-order valence-electron chi connectivity index (χ4n) is 7.84. The molecule has 52 heavy (non-hydrogen) atoms. The lowest BCUT2D eigenvalue weighted by Gasteiger charge is -2.30. The van der Waals surface area contributed by atoms with Gasteiger partial charge in [0.05, 0.1) is 31.2 Å². The van der Waals surface area contributed by atoms with Gasteiger partial charge in [0.15, 0.2) is 17.5 Å². The molecule has 0 N–H and O–H groups in total. The van der Waals surface area contributed by atoms with Crippen molar-refractivity contribution in [1.29, 1.82) is 0 Å². The van der Waals surface area contributed by atoms with Gasteiger partial charge in [-0.15, -0.1) is 0 Å². The average molecular weight is 728 g/mol. The Balaban J connectivity index is 1.13. The first-order valence-corrected chi connectivity index (χ1v) is 17.6. The largest absolute Gasteiger partial charge is 0.443 e. The molecule has 0 radical (unpaired) electrons. The molecule has 5 aromatic rings. The zero-order valence-electron chi connectivity index (χ0n) is 28.4. The quantitative estimate of drug-likeness (QED) is 0.103. The summed E-state index contributed by atoms with van der Waals surface area (Å²) >= 11 is 6.61. The number of hydrogen-bond donors (Lipinski definition) is 0. The molecular weight excluding hydrogens is 693 g/mol. The van der Waals surface area contributed by atoms with E-state index < -0.39 is 23.3 Å². The maximum absolute atomic E-state index is 16.8. The van der Waals surface area contributed by atoms with Crippen molar-refractivity contribution in [2.24, 2.45) is 5.92 Å². The SMILES string of the molecule is C/[N+](=C\C1CCN(C(=O)/C=C/c2ncc(F)cn2)C1)c1nc(OC[C@@]23CCCN2C[C@H](F)C3)nc2c(F)c(-c3cccc4cccc(Cl)c34)ncc12. The third-order valence-electron chi connectivity index (χ3n) is 10.3. The summed E-state index contributed by atoms with van der Waals surface area (Å²) in [5.41, 5.74) is 0.200. The minimum Gasteiger partial charge on any atom is -0.443 e. The molecule has 3 aliphatic heterocycles. The van der Waals surface area contributed by atoms with Crippen LogP contribution >= 0.6 is 11.6 Å². The van der Waals surface area contributed by atoms with E-state index in [2.05, 4.69) is 24.8 Å². The summed E-state index contributed by atoms with van der Waals surface area (Å²) in [5, 5.41) is 2.37. The van der Waals surface area contributed by atoms with E-state index in [0.29, 0.717) is 59.7 Å². The average Bonchev–Trinajstić information content (AvgIpc) is 3.85. The van der Waals surface area contributed by atoms with E-state index in [1.807, 2.05) is 30.5 Å². The minimum absolute atomic E-state index is 0.0188. The van der Waals surface area contributed by atoms with Gasteiger partial charge in [-0.25, -0.2) is 27.7 Å². The molecule has 8 rings (SSSR count). The summed E-state index contributed by atoms with van der Waals surface area (Å²) in [6, 6.07) is 11.0. The molecule has 1 amide bonds. The van der Waals surface area contributed by atoms with Crippen LogP contribution in [0.1, 0.15) is 31.5 Å². The molecule has 10 nitrogen and oxygen atoms in total. The second kappa shape index (κ2) is 13.8. The van der Waals surface area contributed by atoms with Crippen molar-refractivity contribution in [3.05, 3.63) is 83.5 Å². The molecule has 0 saturated carbocycles. The summed E-state index contributed by atoms with van der Waals surface area (Å²) < 4.78 is 52.5. The van der Waals surface area contributed by atoms with Crippen molar-refractivity contribution in [3.8, 4) is 17.3 Å². The van der Waals surface area contributed by atoms with Crippen LogP contribution in [-0.2, 0) is 4.79 Å². The topological polar surface area (TPSA) is 100 Å². The predicted octanol–water partition coefficient (Wildman–Crippen LogP) is 6.43. The first-order valence-electron chi connectivity index (χ1n) is 17.3. The summed E-state index contributed by atoms with van der Waals surface area (Å²) in [5.74, 6) is -0.854. The molecule has 1 unspecified atom stereocenters. The molecular formula is C38H35ClF3N8O2+. The van der Waals surface area contributed by atoms with Crippen molar-refractivity contribution in [2.75, 3.05) is 39.8 Å². The molecule has 14 heteroatoms. The van der Waals surface area contributed by atoms with E-state index in [0.717, 1.165) is 37.2 Å². The van der Waals surface area contributed by atoms with Gasteiger partial charge in [-0.05, 0) is 43.3 Å². The number of aromatic nitrogens is 5. The Morgan fingerprint density at radius 2 is 1.88 bits per heavy atom. The van der Waals surface area contributed by atoms with Gasteiger partial charge in [0.25, 0.3) is 0 Å². The van der Waals surface area contributed by atoms with Gasteiger partial charge in [0.1, 0.15) is 29.4 Å². The Kier molecular flexibility index (Phi) is 9.08. The molecule has 3 aromatic heterocycles. The molecule has 2 aromatic carbocycles. The van der Waals surface area contributed by atoms with E-state index >= 15 is 4.39 Å². The molecule has 3 saturated heterocycles. The Morgan fingerprint density at radius 1 is 1.08 bits per heavy atom. The molecule has 3 aliphatic rings. The molecule has 0 bridgehead atoms. The highest BCUT2D eigenvalue weighted by atomic mass is 35.5. The summed E-state index contributed by atoms with van der Waals surface area (Å²) in [6.45, 7) is 2.31. The Labute approximate surface area is 302 Å². The van der Waals surface area contributed by atoms with Crippen LogP contribution in [-0.4, -0.2) is 103 Å². The number of fused-ring (bicyclic) bond motifs is 3. The summed E-state index contributed by atoms with van der Waals surface area (Å²) in [7, 11) is 1.81. The van der Waals surface area contributed by atoms with Gasteiger partial charge in [0, 0.05) is 65.2 Å². The van der Waals surface area contributed by atoms with Crippen molar-refractivity contribution in [3.63, 3.8) is 0 Å². The van der Waals surface area contributed by atoms with E-state index in [-0.39, 0.29) is 41.5 Å². The number of pyridine rings is 1. The third kappa shape index (κ3) is 6.47. The number of likely N-dealkylation sites (tertiary alicyclic amines) is 1. The third-order valence-corrected chi connectivity index (χ3v) is 10.6. The van der Waals surface area contributed by atoms with E-state index in [1.54, 1.807) is 34.9 Å². The second-order valence-corrected chi connectivity index (χ2v) is 14.1. The predicted molar refractivity (Wildman–Crippen MR) is 191 cm³/mol. The monoisotopic (exact) mass is 727 g/mol. The van der Waals surface area contributed by atoms with Crippen LogP contribution in [0, 0.1) is 17.6 Å². The Bertz CT molecular complexity index is 2250.